The molecule has 0 fully saturated rings. The van der Waals surface area contributed by atoms with E-state index in [1.807, 2.05) is 6.07 Å². The van der Waals surface area contributed by atoms with Crippen molar-refractivity contribution in [3.8, 4) is 0 Å². The number of rotatable bonds is 10. The fraction of sp³-hybridized carbons (Fsp3) is 0.474. The van der Waals surface area contributed by atoms with Crippen LogP contribution in [0.5, 0.6) is 0 Å². The van der Waals surface area contributed by atoms with Gasteiger partial charge in [-0.2, -0.15) is 0 Å². The van der Waals surface area contributed by atoms with Gasteiger partial charge in [-0.3, -0.25) is 4.79 Å². The second-order valence-electron chi connectivity index (χ2n) is 5.83. The average molecular weight is 313 g/mol. The molecule has 1 heterocycles. The van der Waals surface area contributed by atoms with Crippen LogP contribution in [0.15, 0.2) is 36.9 Å². The van der Waals surface area contributed by atoms with E-state index in [1.165, 1.54) is 43.7 Å². The maximum atomic E-state index is 11.3. The molecular formula is C19H27N3O. The SMILES string of the molecule is C=CC(=O)NCCc1nc2ccccc2n1CCCCCCC. The van der Waals surface area contributed by atoms with Crippen molar-refractivity contribution in [2.45, 2.75) is 52.0 Å². The van der Waals surface area contributed by atoms with Crippen molar-refractivity contribution in [3.63, 3.8) is 0 Å². The maximum absolute atomic E-state index is 11.3. The van der Waals surface area contributed by atoms with Gasteiger partial charge in [-0.25, -0.2) is 4.98 Å². The molecule has 0 spiro atoms. The van der Waals surface area contributed by atoms with Crippen molar-refractivity contribution < 1.29 is 4.79 Å². The Kier molecular flexibility index (Phi) is 6.85. The quantitative estimate of drug-likeness (QED) is 0.535. The van der Waals surface area contributed by atoms with Gasteiger partial charge in [0.1, 0.15) is 5.82 Å². The van der Waals surface area contributed by atoms with Gasteiger partial charge in [0, 0.05) is 19.5 Å². The molecule has 0 aliphatic heterocycles. The van der Waals surface area contributed by atoms with E-state index in [4.69, 9.17) is 4.98 Å². The van der Waals surface area contributed by atoms with E-state index in [1.54, 1.807) is 0 Å². The highest BCUT2D eigenvalue weighted by Gasteiger charge is 2.10. The summed E-state index contributed by atoms with van der Waals surface area (Å²) in [5.74, 6) is 0.915. The molecule has 0 radical (unpaired) electrons. The molecule has 1 N–H and O–H groups in total. The van der Waals surface area contributed by atoms with Gasteiger partial charge >= 0.3 is 0 Å². The number of fused-ring (bicyclic) bond motifs is 1. The summed E-state index contributed by atoms with van der Waals surface area (Å²) in [5, 5.41) is 2.83. The molecule has 23 heavy (non-hydrogen) atoms. The number of hydrogen-bond donors (Lipinski definition) is 1. The summed E-state index contributed by atoms with van der Waals surface area (Å²) in [4.78, 5) is 16.0. The van der Waals surface area contributed by atoms with Gasteiger partial charge in [0.2, 0.25) is 5.91 Å². The maximum Gasteiger partial charge on any atom is 0.243 e. The molecule has 0 aliphatic rings. The molecule has 1 amide bonds. The minimum Gasteiger partial charge on any atom is -0.352 e. The number of nitrogens with one attached hydrogen (secondary N) is 1. The van der Waals surface area contributed by atoms with Crippen LogP contribution in [0.2, 0.25) is 0 Å². The number of benzene rings is 1. The number of carbonyl (C=O) groups excluding carboxylic acids is 1. The summed E-state index contributed by atoms with van der Waals surface area (Å²) in [6.45, 7) is 7.29. The van der Waals surface area contributed by atoms with Crippen molar-refractivity contribution >= 4 is 16.9 Å². The largest absolute Gasteiger partial charge is 0.352 e. The van der Waals surface area contributed by atoms with Crippen LogP contribution in [0.25, 0.3) is 11.0 Å². The fourth-order valence-electron chi connectivity index (χ4n) is 2.81. The molecule has 0 saturated heterocycles. The topological polar surface area (TPSA) is 46.9 Å². The van der Waals surface area contributed by atoms with Crippen molar-refractivity contribution in [1.29, 1.82) is 0 Å². The lowest BCUT2D eigenvalue weighted by atomic mass is 10.1. The fourth-order valence-corrected chi connectivity index (χ4v) is 2.81. The molecule has 1 aromatic carbocycles. The predicted octanol–water partition coefficient (Wildman–Crippen LogP) is 3.85. The first kappa shape index (κ1) is 17.3. The summed E-state index contributed by atoms with van der Waals surface area (Å²) in [5.41, 5.74) is 2.22. The smallest absolute Gasteiger partial charge is 0.243 e. The van der Waals surface area contributed by atoms with Crippen LogP contribution in [0, 0.1) is 0 Å². The molecule has 0 aliphatic carbocycles. The van der Waals surface area contributed by atoms with Gasteiger partial charge < -0.3 is 9.88 Å². The lowest BCUT2D eigenvalue weighted by molar-refractivity contribution is -0.116. The Hall–Kier alpha value is -2.10. The zero-order chi connectivity index (χ0) is 16.5. The predicted molar refractivity (Wildman–Crippen MR) is 95.4 cm³/mol. The summed E-state index contributed by atoms with van der Waals surface area (Å²) in [6, 6.07) is 8.25. The zero-order valence-electron chi connectivity index (χ0n) is 14.1. The van der Waals surface area contributed by atoms with Crippen molar-refractivity contribution in [1.82, 2.24) is 14.9 Å². The molecule has 4 nitrogen and oxygen atoms in total. The van der Waals surface area contributed by atoms with Gasteiger partial charge in [0.25, 0.3) is 0 Å². The Bertz CT molecular complexity index is 645. The van der Waals surface area contributed by atoms with Crippen molar-refractivity contribution in [2.75, 3.05) is 6.54 Å². The summed E-state index contributed by atoms with van der Waals surface area (Å²) >= 11 is 0. The van der Waals surface area contributed by atoms with Crippen LogP contribution in [-0.2, 0) is 17.8 Å². The lowest BCUT2D eigenvalue weighted by Gasteiger charge is -2.09. The third-order valence-electron chi connectivity index (χ3n) is 4.05. The normalized spacial score (nSPS) is 10.8. The molecule has 0 unspecified atom stereocenters. The Morgan fingerprint density at radius 3 is 2.83 bits per heavy atom. The number of aryl methyl sites for hydroxylation is 1. The van der Waals surface area contributed by atoms with Crippen LogP contribution in [0.1, 0.15) is 44.9 Å². The summed E-state index contributed by atoms with van der Waals surface area (Å²) < 4.78 is 2.31. The van der Waals surface area contributed by atoms with E-state index in [9.17, 15) is 4.79 Å². The minimum atomic E-state index is -0.132. The Morgan fingerprint density at radius 2 is 2.04 bits per heavy atom. The van der Waals surface area contributed by atoms with Crippen LogP contribution in [-0.4, -0.2) is 22.0 Å². The molecular weight excluding hydrogens is 286 g/mol. The van der Waals surface area contributed by atoms with E-state index < -0.39 is 0 Å². The molecule has 4 heteroatoms. The zero-order valence-corrected chi connectivity index (χ0v) is 14.1. The first-order valence-corrected chi connectivity index (χ1v) is 8.60. The van der Waals surface area contributed by atoms with Gasteiger partial charge in [-0.15, -0.1) is 0 Å². The first-order valence-electron chi connectivity index (χ1n) is 8.60. The highest BCUT2D eigenvalue weighted by molar-refractivity contribution is 5.86. The molecule has 2 aromatic rings. The van der Waals surface area contributed by atoms with E-state index in [0.717, 1.165) is 24.3 Å². The highest BCUT2D eigenvalue weighted by atomic mass is 16.1. The Morgan fingerprint density at radius 1 is 1.26 bits per heavy atom. The average Bonchev–Trinajstić information content (AvgIpc) is 2.92. The third-order valence-corrected chi connectivity index (χ3v) is 4.05. The Balaban J connectivity index is 2.03. The summed E-state index contributed by atoms with van der Waals surface area (Å²) in [6.07, 6.45) is 8.35. The Labute approximate surface area is 138 Å². The van der Waals surface area contributed by atoms with Gasteiger partial charge in [0.05, 0.1) is 11.0 Å². The van der Waals surface area contributed by atoms with Gasteiger partial charge in [-0.1, -0.05) is 51.3 Å². The van der Waals surface area contributed by atoms with Crippen LogP contribution < -0.4 is 5.32 Å². The molecule has 1 aromatic heterocycles. The number of aromatic nitrogens is 2. The molecule has 2 rings (SSSR count). The van der Waals surface area contributed by atoms with E-state index in [0.29, 0.717) is 6.54 Å². The highest BCUT2D eigenvalue weighted by Crippen LogP contribution is 2.18. The van der Waals surface area contributed by atoms with Crippen LogP contribution in [0.4, 0.5) is 0 Å². The molecule has 0 atom stereocenters. The first-order chi connectivity index (χ1) is 11.3. The van der Waals surface area contributed by atoms with Gasteiger partial charge in [-0.05, 0) is 24.6 Å². The minimum absolute atomic E-state index is 0.132. The molecule has 0 saturated carbocycles. The standard InChI is InChI=1S/C19H27N3O/c1-3-5-6-7-10-15-22-17-12-9-8-11-16(17)21-18(22)13-14-20-19(23)4-2/h4,8-9,11-12H,2-3,5-7,10,13-15H2,1H3,(H,20,23). The van der Waals surface area contributed by atoms with Crippen molar-refractivity contribution in [3.05, 3.63) is 42.7 Å². The number of para-hydroxylation sites is 2. The van der Waals surface area contributed by atoms with Crippen LogP contribution >= 0.6 is 0 Å². The summed E-state index contributed by atoms with van der Waals surface area (Å²) in [7, 11) is 0. The van der Waals surface area contributed by atoms with E-state index >= 15 is 0 Å². The molecule has 124 valence electrons. The monoisotopic (exact) mass is 313 g/mol. The third kappa shape index (κ3) is 4.95. The van der Waals surface area contributed by atoms with Crippen molar-refractivity contribution in [2.24, 2.45) is 0 Å². The van der Waals surface area contributed by atoms with E-state index in [-0.39, 0.29) is 5.91 Å². The van der Waals surface area contributed by atoms with Gasteiger partial charge in [0.15, 0.2) is 0 Å². The number of hydrogen-bond acceptors (Lipinski definition) is 2. The molecule has 0 bridgehead atoms. The lowest BCUT2D eigenvalue weighted by Crippen LogP contribution is -2.24. The second-order valence-corrected chi connectivity index (χ2v) is 5.83. The second kappa shape index (κ2) is 9.13. The van der Waals surface area contributed by atoms with E-state index in [2.05, 4.69) is 41.6 Å². The number of unbranched alkanes of at least 4 members (excludes halogenated alkanes) is 4. The number of amides is 1. The number of nitrogens with zero attached hydrogens (tertiary/aromatic N) is 2. The number of imidazole rings is 1. The number of carbonyl (C=O) groups is 1. The van der Waals surface area contributed by atoms with Crippen LogP contribution in [0.3, 0.4) is 0 Å².